The van der Waals surface area contributed by atoms with E-state index < -0.39 is 5.91 Å². The van der Waals surface area contributed by atoms with Crippen molar-refractivity contribution in [3.05, 3.63) is 52.0 Å². The molecule has 2 aromatic rings. The highest BCUT2D eigenvalue weighted by atomic mass is 79.9. The van der Waals surface area contributed by atoms with E-state index in [1.807, 2.05) is 0 Å². The average molecular weight is 379 g/mol. The number of phenolic OH excluding ortho intramolecular Hbond substituents is 1. The SMILES string of the molecule is COc1ccc(C(=O)NN=Cc2ccc(O)c(Br)c2)c(OC)c1. The van der Waals surface area contributed by atoms with E-state index in [-0.39, 0.29) is 5.75 Å². The number of nitrogens with one attached hydrogen (secondary N) is 1. The number of aromatic hydroxyl groups is 1. The summed E-state index contributed by atoms with van der Waals surface area (Å²) in [5.41, 5.74) is 3.49. The van der Waals surface area contributed by atoms with Gasteiger partial charge in [-0.2, -0.15) is 5.10 Å². The number of hydrogen-bond acceptors (Lipinski definition) is 5. The third-order valence-electron chi connectivity index (χ3n) is 3.00. The van der Waals surface area contributed by atoms with Gasteiger partial charge in [0.25, 0.3) is 5.91 Å². The van der Waals surface area contributed by atoms with Gasteiger partial charge in [0, 0.05) is 6.07 Å². The maximum absolute atomic E-state index is 12.1. The second-order valence-corrected chi connectivity index (χ2v) is 5.33. The zero-order valence-corrected chi connectivity index (χ0v) is 14.1. The quantitative estimate of drug-likeness (QED) is 0.619. The molecule has 0 aromatic heterocycles. The highest BCUT2D eigenvalue weighted by molar-refractivity contribution is 9.10. The Balaban J connectivity index is 2.10. The van der Waals surface area contributed by atoms with Crippen molar-refractivity contribution in [1.29, 1.82) is 0 Å². The van der Waals surface area contributed by atoms with Crippen LogP contribution in [0.15, 0.2) is 46.0 Å². The molecule has 0 aliphatic heterocycles. The van der Waals surface area contributed by atoms with Crippen LogP contribution < -0.4 is 14.9 Å². The third-order valence-corrected chi connectivity index (χ3v) is 3.64. The zero-order valence-electron chi connectivity index (χ0n) is 12.5. The molecule has 23 heavy (non-hydrogen) atoms. The molecule has 0 bridgehead atoms. The normalized spacial score (nSPS) is 10.6. The number of hydrazone groups is 1. The van der Waals surface area contributed by atoms with Crippen LogP contribution in [0.4, 0.5) is 0 Å². The molecule has 0 aliphatic rings. The molecular formula is C16H15BrN2O4. The van der Waals surface area contributed by atoms with Crippen LogP contribution in [0, 0.1) is 0 Å². The molecule has 0 saturated heterocycles. The predicted molar refractivity (Wildman–Crippen MR) is 90.4 cm³/mol. The van der Waals surface area contributed by atoms with Gasteiger partial charge in [-0.1, -0.05) is 0 Å². The number of amides is 1. The summed E-state index contributed by atoms with van der Waals surface area (Å²) in [6, 6.07) is 9.76. The van der Waals surface area contributed by atoms with Crippen molar-refractivity contribution in [1.82, 2.24) is 5.43 Å². The Bertz CT molecular complexity index is 747. The Labute approximate surface area is 141 Å². The maximum atomic E-state index is 12.1. The van der Waals surface area contributed by atoms with Gasteiger partial charge in [0.2, 0.25) is 0 Å². The van der Waals surface area contributed by atoms with Gasteiger partial charge in [-0.3, -0.25) is 4.79 Å². The lowest BCUT2D eigenvalue weighted by atomic mass is 10.2. The number of halogens is 1. The molecule has 2 rings (SSSR count). The summed E-state index contributed by atoms with van der Waals surface area (Å²) in [7, 11) is 3.01. The molecule has 2 aromatic carbocycles. The summed E-state index contributed by atoms with van der Waals surface area (Å²) in [6.45, 7) is 0. The molecule has 0 fully saturated rings. The van der Waals surface area contributed by atoms with Gasteiger partial charge in [-0.15, -0.1) is 0 Å². The largest absolute Gasteiger partial charge is 0.507 e. The molecule has 6 nitrogen and oxygen atoms in total. The zero-order chi connectivity index (χ0) is 16.8. The van der Waals surface area contributed by atoms with Gasteiger partial charge in [-0.05, 0) is 51.8 Å². The molecular weight excluding hydrogens is 364 g/mol. The second-order valence-electron chi connectivity index (χ2n) is 4.48. The van der Waals surface area contributed by atoms with E-state index in [0.29, 0.717) is 21.5 Å². The number of carbonyl (C=O) groups is 1. The highest BCUT2D eigenvalue weighted by Crippen LogP contribution is 2.25. The van der Waals surface area contributed by atoms with E-state index >= 15 is 0 Å². The summed E-state index contributed by atoms with van der Waals surface area (Å²) in [5.74, 6) is 0.716. The fraction of sp³-hybridized carbons (Fsp3) is 0.125. The molecule has 0 saturated carbocycles. The Morgan fingerprint density at radius 2 is 2.00 bits per heavy atom. The van der Waals surface area contributed by atoms with Crippen LogP contribution in [0.3, 0.4) is 0 Å². The van der Waals surface area contributed by atoms with E-state index in [4.69, 9.17) is 9.47 Å². The number of benzene rings is 2. The Kier molecular flexibility index (Phi) is 5.59. The van der Waals surface area contributed by atoms with Crippen molar-refractivity contribution in [2.75, 3.05) is 14.2 Å². The van der Waals surface area contributed by atoms with Crippen LogP contribution >= 0.6 is 15.9 Å². The van der Waals surface area contributed by atoms with Crippen molar-refractivity contribution in [2.24, 2.45) is 5.10 Å². The van der Waals surface area contributed by atoms with Gasteiger partial charge in [-0.25, -0.2) is 5.43 Å². The Morgan fingerprint density at radius 3 is 2.65 bits per heavy atom. The lowest BCUT2D eigenvalue weighted by molar-refractivity contribution is 0.0952. The number of ether oxygens (including phenoxy) is 2. The van der Waals surface area contributed by atoms with Gasteiger partial charge in [0.15, 0.2) is 0 Å². The highest BCUT2D eigenvalue weighted by Gasteiger charge is 2.12. The van der Waals surface area contributed by atoms with E-state index in [0.717, 1.165) is 5.56 Å². The number of hydrogen-bond donors (Lipinski definition) is 2. The van der Waals surface area contributed by atoms with Crippen LogP contribution in [0.5, 0.6) is 17.2 Å². The summed E-state index contributed by atoms with van der Waals surface area (Å²) in [4.78, 5) is 12.1. The van der Waals surface area contributed by atoms with Crippen LogP contribution in [-0.4, -0.2) is 31.4 Å². The molecule has 1 amide bonds. The van der Waals surface area contributed by atoms with Crippen molar-refractivity contribution in [3.8, 4) is 17.2 Å². The minimum Gasteiger partial charge on any atom is -0.507 e. The summed E-state index contributed by atoms with van der Waals surface area (Å²) < 4.78 is 10.8. The first-order valence-electron chi connectivity index (χ1n) is 6.59. The average Bonchev–Trinajstić information content (AvgIpc) is 2.57. The first kappa shape index (κ1) is 16.8. The molecule has 0 unspecified atom stereocenters. The second kappa shape index (κ2) is 7.64. The molecule has 7 heteroatoms. The number of rotatable bonds is 5. The number of nitrogens with zero attached hydrogens (tertiary/aromatic N) is 1. The van der Waals surface area contributed by atoms with Crippen molar-refractivity contribution in [3.63, 3.8) is 0 Å². The molecule has 0 aliphatic carbocycles. The fourth-order valence-corrected chi connectivity index (χ4v) is 2.21. The summed E-state index contributed by atoms with van der Waals surface area (Å²) in [5, 5.41) is 13.3. The van der Waals surface area contributed by atoms with Crippen LogP contribution in [0.1, 0.15) is 15.9 Å². The lowest BCUT2D eigenvalue weighted by Gasteiger charge is -2.08. The Hall–Kier alpha value is -2.54. The van der Waals surface area contributed by atoms with Crippen molar-refractivity contribution < 1.29 is 19.4 Å². The standard InChI is InChI=1S/C16H15BrN2O4/c1-22-11-4-5-12(15(8-11)23-2)16(21)19-18-9-10-3-6-14(20)13(17)7-10/h3-9,20H,1-2H3,(H,19,21). The number of carbonyl (C=O) groups excluding carboxylic acids is 1. The van der Waals surface area contributed by atoms with Crippen molar-refractivity contribution in [2.45, 2.75) is 0 Å². The van der Waals surface area contributed by atoms with E-state index in [2.05, 4.69) is 26.5 Å². The van der Waals surface area contributed by atoms with Gasteiger partial charge < -0.3 is 14.6 Å². The van der Waals surface area contributed by atoms with Crippen LogP contribution in [0.2, 0.25) is 0 Å². The monoisotopic (exact) mass is 378 g/mol. The van der Waals surface area contributed by atoms with E-state index in [9.17, 15) is 9.90 Å². The smallest absolute Gasteiger partial charge is 0.275 e. The van der Waals surface area contributed by atoms with Gasteiger partial charge in [0.05, 0.1) is 30.5 Å². The fourth-order valence-electron chi connectivity index (χ4n) is 1.82. The summed E-state index contributed by atoms with van der Waals surface area (Å²) in [6.07, 6.45) is 1.47. The molecule has 0 heterocycles. The van der Waals surface area contributed by atoms with Crippen LogP contribution in [-0.2, 0) is 0 Å². The number of methoxy groups -OCH3 is 2. The topological polar surface area (TPSA) is 80.2 Å². The Morgan fingerprint density at radius 1 is 1.22 bits per heavy atom. The van der Waals surface area contributed by atoms with Gasteiger partial charge in [0.1, 0.15) is 17.2 Å². The third kappa shape index (κ3) is 4.23. The first-order chi connectivity index (χ1) is 11.0. The number of phenols is 1. The van der Waals surface area contributed by atoms with E-state index in [1.165, 1.54) is 26.5 Å². The van der Waals surface area contributed by atoms with Crippen LogP contribution in [0.25, 0.3) is 0 Å². The molecule has 2 N–H and O–H groups in total. The summed E-state index contributed by atoms with van der Waals surface area (Å²) >= 11 is 3.21. The van der Waals surface area contributed by atoms with Crippen molar-refractivity contribution >= 4 is 28.1 Å². The predicted octanol–water partition coefficient (Wildman–Crippen LogP) is 2.94. The first-order valence-corrected chi connectivity index (χ1v) is 7.38. The molecule has 0 radical (unpaired) electrons. The maximum Gasteiger partial charge on any atom is 0.275 e. The minimum atomic E-state index is -0.404. The van der Waals surface area contributed by atoms with Gasteiger partial charge >= 0.3 is 0 Å². The molecule has 0 atom stereocenters. The lowest BCUT2D eigenvalue weighted by Crippen LogP contribution is -2.18. The van der Waals surface area contributed by atoms with E-state index in [1.54, 1.807) is 30.3 Å². The molecule has 120 valence electrons. The molecule has 0 spiro atoms. The minimum absolute atomic E-state index is 0.133.